The number of rotatable bonds is 7. The average molecular weight is 437 g/mol. The highest BCUT2D eigenvalue weighted by Crippen LogP contribution is 2.29. The molecule has 3 aromatic rings. The molecule has 0 aliphatic heterocycles. The number of nitriles is 1. The fourth-order valence-electron chi connectivity index (χ4n) is 2.83. The molecule has 5 nitrogen and oxygen atoms in total. The van der Waals surface area contributed by atoms with Crippen molar-refractivity contribution in [3.05, 3.63) is 101 Å². The van der Waals surface area contributed by atoms with Crippen LogP contribution >= 0.6 is 0 Å². The van der Waals surface area contributed by atoms with Gasteiger partial charge in [-0.1, -0.05) is 36.4 Å². The Bertz CT molecular complexity index is 1150. The average Bonchev–Trinajstić information content (AvgIpc) is 2.78. The maximum absolute atomic E-state index is 12.7. The monoisotopic (exact) mass is 437 g/mol. The first-order valence-corrected chi connectivity index (χ1v) is 9.54. The summed E-state index contributed by atoms with van der Waals surface area (Å²) in [6.07, 6.45) is -3.27. The van der Waals surface area contributed by atoms with Gasteiger partial charge in [-0.25, -0.2) is 5.43 Å². The van der Waals surface area contributed by atoms with Gasteiger partial charge in [0.1, 0.15) is 12.4 Å². The number of hydrogen-bond donors (Lipinski definition) is 1. The van der Waals surface area contributed by atoms with Crippen LogP contribution in [-0.4, -0.2) is 12.1 Å². The normalized spacial score (nSPS) is 11.2. The molecular formula is C24H18F3N3O2. The van der Waals surface area contributed by atoms with Crippen molar-refractivity contribution in [1.29, 1.82) is 5.26 Å². The van der Waals surface area contributed by atoms with Gasteiger partial charge in [0, 0.05) is 5.56 Å². The first-order chi connectivity index (χ1) is 15.3. The molecule has 1 N–H and O–H groups in total. The molecule has 1 amide bonds. The minimum Gasteiger partial charge on any atom is -0.489 e. The molecule has 3 rings (SSSR count). The Morgan fingerprint density at radius 1 is 1.06 bits per heavy atom. The number of halogens is 3. The Kier molecular flexibility index (Phi) is 7.24. The number of carbonyl (C=O) groups is 1. The minimum absolute atomic E-state index is 0.224. The molecular weight excluding hydrogens is 419 g/mol. The molecule has 0 saturated heterocycles. The molecule has 0 radical (unpaired) electrons. The molecule has 0 atom stereocenters. The summed E-state index contributed by atoms with van der Waals surface area (Å²) < 4.78 is 43.9. The highest BCUT2D eigenvalue weighted by Gasteiger charge is 2.30. The van der Waals surface area contributed by atoms with Gasteiger partial charge in [0.2, 0.25) is 5.91 Å². The Hall–Kier alpha value is -4.12. The van der Waals surface area contributed by atoms with Crippen molar-refractivity contribution < 1.29 is 22.7 Å². The lowest BCUT2D eigenvalue weighted by molar-refractivity contribution is -0.137. The molecule has 0 unspecified atom stereocenters. The summed E-state index contributed by atoms with van der Waals surface area (Å²) in [5.41, 5.74) is 3.76. The summed E-state index contributed by atoms with van der Waals surface area (Å²) in [4.78, 5) is 11.9. The fourth-order valence-corrected chi connectivity index (χ4v) is 2.83. The molecule has 0 bridgehead atoms. The van der Waals surface area contributed by atoms with Crippen LogP contribution in [0.5, 0.6) is 5.75 Å². The third-order valence-corrected chi connectivity index (χ3v) is 4.43. The molecule has 8 heteroatoms. The minimum atomic E-state index is -4.46. The Labute approximate surface area is 182 Å². The highest BCUT2D eigenvalue weighted by atomic mass is 19.4. The van der Waals surface area contributed by atoms with E-state index in [4.69, 9.17) is 10.00 Å². The summed E-state index contributed by atoms with van der Waals surface area (Å²) in [6.45, 7) is 0.253. The van der Waals surface area contributed by atoms with Crippen LogP contribution in [0, 0.1) is 11.3 Å². The van der Waals surface area contributed by atoms with Crippen molar-refractivity contribution in [3.63, 3.8) is 0 Å². The SMILES string of the molecule is N#Cc1ccccc1COc1ccc(/C=N\NC(=O)Cc2cccc(C(F)(F)F)c2)cc1. The molecule has 0 aliphatic rings. The van der Waals surface area contributed by atoms with Gasteiger partial charge in [0.05, 0.1) is 29.8 Å². The van der Waals surface area contributed by atoms with Gasteiger partial charge in [0.25, 0.3) is 0 Å². The number of benzene rings is 3. The lowest BCUT2D eigenvalue weighted by Gasteiger charge is -2.08. The molecule has 32 heavy (non-hydrogen) atoms. The second-order valence-electron chi connectivity index (χ2n) is 6.79. The number of alkyl halides is 3. The van der Waals surface area contributed by atoms with E-state index in [2.05, 4.69) is 16.6 Å². The lowest BCUT2D eigenvalue weighted by atomic mass is 10.1. The fraction of sp³-hybridized carbons (Fsp3) is 0.125. The number of nitrogens with zero attached hydrogens (tertiary/aromatic N) is 2. The van der Waals surface area contributed by atoms with Gasteiger partial charge >= 0.3 is 6.18 Å². The van der Waals surface area contributed by atoms with Crippen LogP contribution in [0.15, 0.2) is 77.9 Å². The van der Waals surface area contributed by atoms with Crippen molar-refractivity contribution in [3.8, 4) is 11.8 Å². The highest BCUT2D eigenvalue weighted by molar-refractivity contribution is 5.83. The quantitative estimate of drug-likeness (QED) is 0.424. The number of ether oxygens (including phenoxy) is 1. The van der Waals surface area contributed by atoms with Gasteiger partial charge in [-0.2, -0.15) is 23.5 Å². The second-order valence-corrected chi connectivity index (χ2v) is 6.79. The molecule has 0 saturated carbocycles. The molecule has 0 aromatic heterocycles. The van der Waals surface area contributed by atoms with E-state index in [0.717, 1.165) is 17.7 Å². The zero-order chi connectivity index (χ0) is 23.0. The first-order valence-electron chi connectivity index (χ1n) is 9.54. The third-order valence-electron chi connectivity index (χ3n) is 4.43. The summed E-state index contributed by atoms with van der Waals surface area (Å²) >= 11 is 0. The number of amides is 1. The Morgan fingerprint density at radius 3 is 2.53 bits per heavy atom. The lowest BCUT2D eigenvalue weighted by Crippen LogP contribution is -2.20. The van der Waals surface area contributed by atoms with E-state index in [9.17, 15) is 18.0 Å². The van der Waals surface area contributed by atoms with E-state index in [1.165, 1.54) is 18.3 Å². The molecule has 3 aromatic carbocycles. The van der Waals surface area contributed by atoms with Gasteiger partial charge < -0.3 is 4.74 Å². The standard InChI is InChI=1S/C24H18F3N3O2/c25-24(26,27)21-7-3-4-18(12-21)13-23(31)30-29-15-17-8-10-22(11-9-17)32-16-20-6-2-1-5-19(20)14-28/h1-12,15H,13,16H2,(H,30,31)/b29-15-. The van der Waals surface area contributed by atoms with Crippen molar-refractivity contribution in [2.75, 3.05) is 0 Å². The van der Waals surface area contributed by atoms with Gasteiger partial charge in [-0.15, -0.1) is 0 Å². The zero-order valence-electron chi connectivity index (χ0n) is 16.8. The van der Waals surface area contributed by atoms with Gasteiger partial charge in [0.15, 0.2) is 0 Å². The van der Waals surface area contributed by atoms with Gasteiger partial charge in [-0.3, -0.25) is 4.79 Å². The Morgan fingerprint density at radius 2 is 1.81 bits per heavy atom. The first kappa shape index (κ1) is 22.6. The largest absolute Gasteiger partial charge is 0.489 e. The van der Waals surface area contributed by atoms with E-state index in [1.54, 1.807) is 36.4 Å². The predicted octanol–water partition coefficient (Wildman–Crippen LogP) is 4.85. The zero-order valence-corrected chi connectivity index (χ0v) is 16.8. The van der Waals surface area contributed by atoms with Crippen LogP contribution in [0.1, 0.15) is 27.8 Å². The van der Waals surface area contributed by atoms with Crippen LogP contribution < -0.4 is 10.2 Å². The van der Waals surface area contributed by atoms with E-state index >= 15 is 0 Å². The van der Waals surface area contributed by atoms with Crippen molar-refractivity contribution in [2.24, 2.45) is 5.10 Å². The molecule has 162 valence electrons. The molecule has 0 heterocycles. The maximum Gasteiger partial charge on any atom is 0.416 e. The number of hydrogen-bond acceptors (Lipinski definition) is 4. The number of nitrogens with one attached hydrogen (secondary N) is 1. The third kappa shape index (κ3) is 6.44. The van der Waals surface area contributed by atoms with Crippen LogP contribution in [0.3, 0.4) is 0 Å². The van der Waals surface area contributed by atoms with Crippen LogP contribution in [0.25, 0.3) is 0 Å². The summed E-state index contributed by atoms with van der Waals surface area (Å²) in [6, 6.07) is 20.8. The van der Waals surface area contributed by atoms with E-state index in [-0.39, 0.29) is 18.6 Å². The van der Waals surface area contributed by atoms with E-state index in [1.807, 2.05) is 12.1 Å². The predicted molar refractivity (Wildman–Crippen MR) is 113 cm³/mol. The number of carbonyl (C=O) groups excluding carboxylic acids is 1. The van der Waals surface area contributed by atoms with Gasteiger partial charge in [-0.05, 0) is 47.5 Å². The van der Waals surface area contributed by atoms with Crippen molar-refractivity contribution in [1.82, 2.24) is 5.43 Å². The summed E-state index contributed by atoms with van der Waals surface area (Å²) in [5.74, 6) is 0.0696. The smallest absolute Gasteiger partial charge is 0.416 e. The van der Waals surface area contributed by atoms with Crippen LogP contribution in [0.4, 0.5) is 13.2 Å². The molecule has 0 aliphatic carbocycles. The topological polar surface area (TPSA) is 74.5 Å². The summed E-state index contributed by atoms with van der Waals surface area (Å²) in [7, 11) is 0. The van der Waals surface area contributed by atoms with Crippen molar-refractivity contribution in [2.45, 2.75) is 19.2 Å². The molecule has 0 fully saturated rings. The maximum atomic E-state index is 12.7. The van der Waals surface area contributed by atoms with E-state index in [0.29, 0.717) is 16.9 Å². The number of hydrazone groups is 1. The molecule has 0 spiro atoms. The van der Waals surface area contributed by atoms with Crippen molar-refractivity contribution >= 4 is 12.1 Å². The van der Waals surface area contributed by atoms with Crippen LogP contribution in [-0.2, 0) is 24.0 Å². The van der Waals surface area contributed by atoms with E-state index < -0.39 is 17.6 Å². The summed E-state index contributed by atoms with van der Waals surface area (Å²) in [5, 5.41) is 12.9. The van der Waals surface area contributed by atoms with Crippen LogP contribution in [0.2, 0.25) is 0 Å². The second kappa shape index (κ2) is 10.3. The Balaban J connectivity index is 1.50.